The number of aromatic nitrogens is 3. The maximum Gasteiger partial charge on any atom is 0.244 e. The van der Waals surface area contributed by atoms with Gasteiger partial charge in [-0.15, -0.1) is 0 Å². The third kappa shape index (κ3) is 3.34. The number of nitrogens with zero attached hydrogens (tertiary/aromatic N) is 3. The molecule has 0 radical (unpaired) electrons. The lowest BCUT2D eigenvalue weighted by Crippen LogP contribution is -2.00. The Morgan fingerprint density at radius 2 is 1.72 bits per heavy atom. The highest BCUT2D eigenvalue weighted by Gasteiger charge is 2.10. The molecule has 0 aliphatic heterocycles. The van der Waals surface area contributed by atoms with Crippen molar-refractivity contribution in [3.8, 4) is 11.3 Å². The topological polar surface area (TPSA) is 66.0 Å². The van der Waals surface area contributed by atoms with Gasteiger partial charge in [0.25, 0.3) is 0 Å². The summed E-state index contributed by atoms with van der Waals surface area (Å²) in [7, 11) is 0. The van der Waals surface area contributed by atoms with E-state index in [1.807, 2.05) is 42.6 Å². The summed E-state index contributed by atoms with van der Waals surface area (Å²) in [6.07, 6.45) is 3.72. The lowest BCUT2D eigenvalue weighted by molar-refractivity contribution is 1.15. The van der Waals surface area contributed by atoms with Crippen molar-refractivity contribution in [2.24, 2.45) is 5.10 Å². The number of nitrogens with one attached hydrogen (secondary N) is 2. The van der Waals surface area contributed by atoms with Gasteiger partial charge in [-0.25, -0.2) is 15.4 Å². The molecule has 3 aromatic carbocycles. The Balaban J connectivity index is 1.53. The zero-order valence-electron chi connectivity index (χ0n) is 15.9. The van der Waals surface area contributed by atoms with Crippen LogP contribution in [0.15, 0.2) is 84.1 Å². The van der Waals surface area contributed by atoms with Crippen LogP contribution in [-0.2, 0) is 0 Å². The number of anilines is 1. The Hall–Kier alpha value is -3.99. The van der Waals surface area contributed by atoms with E-state index in [2.05, 4.69) is 63.8 Å². The van der Waals surface area contributed by atoms with E-state index in [9.17, 15) is 0 Å². The minimum atomic E-state index is 0.470. The van der Waals surface area contributed by atoms with Crippen LogP contribution in [0.1, 0.15) is 11.1 Å². The number of hydrogen-bond acceptors (Lipinski definition) is 4. The van der Waals surface area contributed by atoms with Crippen molar-refractivity contribution in [2.75, 3.05) is 5.43 Å². The number of benzene rings is 3. The summed E-state index contributed by atoms with van der Waals surface area (Å²) >= 11 is 0. The van der Waals surface area contributed by atoms with E-state index >= 15 is 0 Å². The van der Waals surface area contributed by atoms with Crippen LogP contribution in [0.2, 0.25) is 0 Å². The maximum atomic E-state index is 4.74. The second-order valence-electron chi connectivity index (χ2n) is 6.94. The third-order valence-corrected chi connectivity index (χ3v) is 4.89. The summed E-state index contributed by atoms with van der Waals surface area (Å²) < 4.78 is 0. The molecule has 5 heteroatoms. The number of hydrogen-bond donors (Lipinski definition) is 2. The average molecular weight is 377 g/mol. The summed E-state index contributed by atoms with van der Waals surface area (Å²) in [4.78, 5) is 12.6. The molecule has 0 amide bonds. The van der Waals surface area contributed by atoms with E-state index in [1.54, 1.807) is 6.21 Å². The van der Waals surface area contributed by atoms with Gasteiger partial charge in [-0.3, -0.25) is 0 Å². The second kappa shape index (κ2) is 7.20. The number of rotatable bonds is 4. The normalized spacial score (nSPS) is 11.5. The summed E-state index contributed by atoms with van der Waals surface area (Å²) in [5.74, 6) is 0.470. The Morgan fingerprint density at radius 3 is 2.62 bits per heavy atom. The van der Waals surface area contributed by atoms with Gasteiger partial charge in [-0.2, -0.15) is 5.10 Å². The van der Waals surface area contributed by atoms with Gasteiger partial charge >= 0.3 is 0 Å². The van der Waals surface area contributed by atoms with Crippen molar-refractivity contribution in [2.45, 2.75) is 6.92 Å². The third-order valence-electron chi connectivity index (χ3n) is 4.89. The molecule has 2 aromatic heterocycles. The fourth-order valence-corrected chi connectivity index (χ4v) is 3.47. The quantitative estimate of drug-likeness (QED) is 0.319. The van der Waals surface area contributed by atoms with E-state index in [0.717, 1.165) is 44.2 Å². The summed E-state index contributed by atoms with van der Waals surface area (Å²) in [6, 6.07) is 24.5. The van der Waals surface area contributed by atoms with Crippen LogP contribution in [0.3, 0.4) is 0 Å². The number of fused-ring (bicyclic) bond motifs is 2. The van der Waals surface area contributed by atoms with Gasteiger partial charge in [0, 0.05) is 33.6 Å². The van der Waals surface area contributed by atoms with Gasteiger partial charge in [-0.1, -0.05) is 60.7 Å². The average Bonchev–Trinajstić information content (AvgIpc) is 3.17. The number of para-hydroxylation sites is 1. The van der Waals surface area contributed by atoms with Gasteiger partial charge < -0.3 is 4.98 Å². The van der Waals surface area contributed by atoms with Crippen molar-refractivity contribution in [3.63, 3.8) is 0 Å². The molecule has 0 saturated heterocycles. The molecule has 5 aromatic rings. The summed E-state index contributed by atoms with van der Waals surface area (Å²) in [6.45, 7) is 2.06. The molecule has 5 rings (SSSR count). The minimum absolute atomic E-state index is 0.470. The van der Waals surface area contributed by atoms with Crippen molar-refractivity contribution in [1.29, 1.82) is 0 Å². The van der Waals surface area contributed by atoms with Crippen molar-refractivity contribution < 1.29 is 0 Å². The molecule has 0 unspecified atom stereocenters. The van der Waals surface area contributed by atoms with E-state index in [0.29, 0.717) is 5.95 Å². The van der Waals surface area contributed by atoms with Crippen LogP contribution in [0.5, 0.6) is 0 Å². The van der Waals surface area contributed by atoms with Crippen LogP contribution in [0.25, 0.3) is 33.1 Å². The molecule has 0 atom stereocenters. The molecule has 0 saturated carbocycles. The highest BCUT2D eigenvalue weighted by molar-refractivity contribution is 5.99. The fraction of sp³-hybridized carbons (Fsp3) is 0.0417. The van der Waals surface area contributed by atoms with Crippen LogP contribution in [0, 0.1) is 6.92 Å². The smallest absolute Gasteiger partial charge is 0.244 e. The minimum Gasteiger partial charge on any atom is -0.361 e. The Morgan fingerprint density at radius 1 is 0.897 bits per heavy atom. The summed E-state index contributed by atoms with van der Waals surface area (Å²) in [5.41, 5.74) is 9.08. The van der Waals surface area contributed by atoms with Gasteiger partial charge in [0.05, 0.1) is 17.4 Å². The lowest BCUT2D eigenvalue weighted by Gasteiger charge is -2.09. The largest absolute Gasteiger partial charge is 0.361 e. The first-order valence-electron chi connectivity index (χ1n) is 9.47. The molecule has 0 spiro atoms. The van der Waals surface area contributed by atoms with Gasteiger partial charge in [0.1, 0.15) is 0 Å². The molecule has 2 heterocycles. The van der Waals surface area contributed by atoms with Crippen LogP contribution < -0.4 is 5.43 Å². The highest BCUT2D eigenvalue weighted by atomic mass is 15.3. The zero-order valence-corrected chi connectivity index (χ0v) is 15.9. The van der Waals surface area contributed by atoms with Gasteiger partial charge in [0.2, 0.25) is 5.95 Å². The fourth-order valence-electron chi connectivity index (χ4n) is 3.47. The number of H-pyrrole nitrogens is 1. The molecule has 0 aliphatic rings. The number of aromatic amines is 1. The molecule has 0 aliphatic carbocycles. The van der Waals surface area contributed by atoms with Crippen LogP contribution >= 0.6 is 0 Å². The van der Waals surface area contributed by atoms with E-state index in [-0.39, 0.29) is 0 Å². The SMILES string of the molecule is Cc1ccc2c(-c3ccccc3)nc(N/N=C/c3c[nH]c4ccccc34)nc2c1. The first-order chi connectivity index (χ1) is 14.3. The van der Waals surface area contributed by atoms with Gasteiger partial charge in [0.15, 0.2) is 0 Å². The van der Waals surface area contributed by atoms with Crippen molar-refractivity contribution in [3.05, 3.63) is 90.1 Å². The maximum absolute atomic E-state index is 4.74. The van der Waals surface area contributed by atoms with Crippen molar-refractivity contribution in [1.82, 2.24) is 15.0 Å². The van der Waals surface area contributed by atoms with E-state index in [4.69, 9.17) is 4.98 Å². The molecular formula is C24H19N5. The molecular weight excluding hydrogens is 358 g/mol. The lowest BCUT2D eigenvalue weighted by atomic mass is 10.1. The first-order valence-corrected chi connectivity index (χ1v) is 9.47. The van der Waals surface area contributed by atoms with Crippen molar-refractivity contribution >= 4 is 34.0 Å². The number of hydrazone groups is 1. The molecule has 0 fully saturated rings. The van der Waals surface area contributed by atoms with E-state index in [1.165, 1.54) is 0 Å². The number of aryl methyl sites for hydroxylation is 1. The molecule has 29 heavy (non-hydrogen) atoms. The second-order valence-corrected chi connectivity index (χ2v) is 6.94. The van der Waals surface area contributed by atoms with E-state index < -0.39 is 0 Å². The monoisotopic (exact) mass is 377 g/mol. The molecule has 5 nitrogen and oxygen atoms in total. The Bertz CT molecular complexity index is 1340. The Kier molecular flexibility index (Phi) is 4.26. The van der Waals surface area contributed by atoms with Gasteiger partial charge in [-0.05, 0) is 24.6 Å². The highest BCUT2D eigenvalue weighted by Crippen LogP contribution is 2.27. The van der Waals surface area contributed by atoms with Crippen LogP contribution in [0.4, 0.5) is 5.95 Å². The predicted octanol–water partition coefficient (Wildman–Crippen LogP) is 5.53. The molecule has 140 valence electrons. The first kappa shape index (κ1) is 17.1. The standard InChI is InChI=1S/C24H19N5/c1-16-11-12-20-22(13-16)27-24(28-23(20)17-7-3-2-4-8-17)29-26-15-18-14-25-21-10-6-5-9-19(18)21/h2-15,25H,1H3,(H,27,28,29)/b26-15+. The zero-order chi connectivity index (χ0) is 19.6. The molecule has 2 N–H and O–H groups in total. The molecule has 0 bridgehead atoms. The predicted molar refractivity (Wildman–Crippen MR) is 119 cm³/mol. The Labute approximate surface area is 168 Å². The van der Waals surface area contributed by atoms with Crippen LogP contribution in [-0.4, -0.2) is 21.2 Å². The summed E-state index contributed by atoms with van der Waals surface area (Å²) in [5, 5.41) is 6.52.